The number of benzene rings is 2. The molecule has 0 amide bonds. The summed E-state index contributed by atoms with van der Waals surface area (Å²) >= 11 is 1.64. The van der Waals surface area contributed by atoms with Crippen molar-refractivity contribution in [2.45, 2.75) is 26.2 Å². The quantitative estimate of drug-likeness (QED) is 0.323. The molecule has 0 saturated heterocycles. The highest BCUT2D eigenvalue weighted by molar-refractivity contribution is 7.11. The highest BCUT2D eigenvalue weighted by Crippen LogP contribution is 2.23. The Morgan fingerprint density at radius 3 is 2.27 bits per heavy atom. The van der Waals surface area contributed by atoms with Crippen molar-refractivity contribution in [1.29, 1.82) is 0 Å². The number of carbonyl (C=O) groups excluding carboxylic acids is 1. The zero-order valence-corrected chi connectivity index (χ0v) is 15.9. The molecule has 0 unspecified atom stereocenters. The maximum absolute atomic E-state index is 12.3. The summed E-state index contributed by atoms with van der Waals surface area (Å²) in [4.78, 5) is 17.8. The fourth-order valence-electron chi connectivity index (χ4n) is 2.38. The van der Waals surface area contributed by atoms with Crippen LogP contribution in [0.2, 0.25) is 0 Å². The van der Waals surface area contributed by atoms with Gasteiger partial charge in [0, 0.05) is 11.1 Å². The van der Waals surface area contributed by atoms with Crippen LogP contribution in [0.15, 0.2) is 71.0 Å². The highest BCUT2D eigenvalue weighted by atomic mass is 32.1. The molecule has 0 saturated carbocycles. The molecule has 0 atom stereocenters. The molecule has 1 heterocycles. The lowest BCUT2D eigenvalue weighted by Crippen LogP contribution is -2.12. The van der Waals surface area contributed by atoms with Gasteiger partial charge in [0.25, 0.3) is 0 Å². The molecule has 0 aliphatic carbocycles. The number of thiophene rings is 1. The van der Waals surface area contributed by atoms with Crippen molar-refractivity contribution in [3.63, 3.8) is 0 Å². The van der Waals surface area contributed by atoms with Gasteiger partial charge in [-0.1, -0.05) is 39.0 Å². The van der Waals surface area contributed by atoms with Crippen molar-refractivity contribution >= 4 is 29.2 Å². The average Bonchev–Trinajstić information content (AvgIpc) is 3.14. The van der Waals surface area contributed by atoms with E-state index in [0.29, 0.717) is 11.3 Å². The van der Waals surface area contributed by atoms with Crippen LogP contribution in [-0.2, 0) is 5.41 Å². The van der Waals surface area contributed by atoms with Crippen molar-refractivity contribution in [1.82, 2.24) is 0 Å². The van der Waals surface area contributed by atoms with Crippen LogP contribution in [-0.4, -0.2) is 12.2 Å². The van der Waals surface area contributed by atoms with Crippen LogP contribution in [0.25, 0.3) is 0 Å². The van der Waals surface area contributed by atoms with Gasteiger partial charge in [0.05, 0.1) is 11.3 Å². The van der Waals surface area contributed by atoms with Crippen LogP contribution < -0.4 is 4.74 Å². The standard InChI is InChI=1S/C22H21NO2S/c1-22(2,3)17-8-6-16(7-9-17)21(24)25-19-12-10-18(11-13-19)23-15-20-5-4-14-26-20/h4-15H,1-3H3. The third-order valence-electron chi connectivity index (χ3n) is 3.92. The van der Waals surface area contributed by atoms with E-state index in [1.165, 1.54) is 5.56 Å². The predicted octanol–water partition coefficient (Wildman–Crippen LogP) is 6.02. The van der Waals surface area contributed by atoms with Crippen molar-refractivity contribution in [3.8, 4) is 5.75 Å². The second kappa shape index (κ2) is 7.67. The molecular formula is C22H21NO2S. The van der Waals surface area contributed by atoms with E-state index in [0.717, 1.165) is 10.6 Å². The largest absolute Gasteiger partial charge is 0.423 e. The van der Waals surface area contributed by atoms with E-state index in [-0.39, 0.29) is 11.4 Å². The first kappa shape index (κ1) is 18.1. The fraction of sp³-hybridized carbons (Fsp3) is 0.182. The number of nitrogens with zero attached hydrogens (tertiary/aromatic N) is 1. The monoisotopic (exact) mass is 363 g/mol. The number of ether oxygens (including phenoxy) is 1. The normalized spacial score (nSPS) is 11.7. The number of aliphatic imine (C=N–C) groups is 1. The van der Waals surface area contributed by atoms with Crippen LogP contribution >= 0.6 is 11.3 Å². The molecular weight excluding hydrogens is 342 g/mol. The van der Waals surface area contributed by atoms with Crippen molar-refractivity contribution in [3.05, 3.63) is 82.0 Å². The molecule has 0 bridgehead atoms. The van der Waals surface area contributed by atoms with Gasteiger partial charge in [0.2, 0.25) is 0 Å². The molecule has 0 aliphatic rings. The minimum Gasteiger partial charge on any atom is -0.423 e. The van der Waals surface area contributed by atoms with Gasteiger partial charge in [-0.25, -0.2) is 4.79 Å². The maximum atomic E-state index is 12.3. The maximum Gasteiger partial charge on any atom is 0.343 e. The molecule has 0 spiro atoms. The first-order valence-corrected chi connectivity index (χ1v) is 9.30. The Hall–Kier alpha value is -2.72. The summed E-state index contributed by atoms with van der Waals surface area (Å²) in [6.45, 7) is 6.43. The lowest BCUT2D eigenvalue weighted by Gasteiger charge is -2.18. The summed E-state index contributed by atoms with van der Waals surface area (Å²) in [6.07, 6.45) is 1.82. The van der Waals surface area contributed by atoms with E-state index >= 15 is 0 Å². The lowest BCUT2D eigenvalue weighted by atomic mass is 9.87. The van der Waals surface area contributed by atoms with E-state index < -0.39 is 0 Å². The molecule has 0 radical (unpaired) electrons. The Morgan fingerprint density at radius 2 is 1.69 bits per heavy atom. The Morgan fingerprint density at radius 1 is 1.00 bits per heavy atom. The third-order valence-corrected chi connectivity index (χ3v) is 4.72. The smallest absolute Gasteiger partial charge is 0.343 e. The SMILES string of the molecule is CC(C)(C)c1ccc(C(=O)Oc2ccc(N=Cc3cccs3)cc2)cc1. The van der Waals surface area contributed by atoms with Gasteiger partial charge in [-0.15, -0.1) is 11.3 Å². The van der Waals surface area contributed by atoms with Crippen molar-refractivity contribution in [2.24, 2.45) is 4.99 Å². The van der Waals surface area contributed by atoms with E-state index in [4.69, 9.17) is 4.74 Å². The molecule has 0 fully saturated rings. The van der Waals surface area contributed by atoms with Crippen LogP contribution in [0.1, 0.15) is 41.6 Å². The lowest BCUT2D eigenvalue weighted by molar-refractivity contribution is 0.0734. The van der Waals surface area contributed by atoms with Crippen LogP contribution in [0.5, 0.6) is 5.75 Å². The molecule has 0 N–H and O–H groups in total. The minimum atomic E-state index is -0.361. The van der Waals surface area contributed by atoms with Gasteiger partial charge in [0.15, 0.2) is 0 Å². The van der Waals surface area contributed by atoms with Crippen LogP contribution in [0.4, 0.5) is 5.69 Å². The molecule has 132 valence electrons. The molecule has 1 aromatic heterocycles. The Balaban J connectivity index is 1.64. The molecule has 3 aromatic rings. The first-order valence-electron chi connectivity index (χ1n) is 8.42. The Labute approximate surface area is 158 Å². The van der Waals surface area contributed by atoms with Crippen molar-refractivity contribution < 1.29 is 9.53 Å². The number of hydrogen-bond acceptors (Lipinski definition) is 4. The molecule has 0 aliphatic heterocycles. The Kier molecular flexibility index (Phi) is 5.33. The van der Waals surface area contributed by atoms with Gasteiger partial charge in [0.1, 0.15) is 5.75 Å². The average molecular weight is 363 g/mol. The van der Waals surface area contributed by atoms with E-state index in [1.807, 2.05) is 60.1 Å². The molecule has 26 heavy (non-hydrogen) atoms. The molecule has 4 heteroatoms. The summed E-state index contributed by atoms with van der Waals surface area (Å²) in [7, 11) is 0. The van der Waals surface area contributed by atoms with Crippen LogP contribution in [0, 0.1) is 0 Å². The van der Waals surface area contributed by atoms with Gasteiger partial charge in [-0.05, 0) is 58.8 Å². The second-order valence-corrected chi connectivity index (χ2v) is 7.96. The fourth-order valence-corrected chi connectivity index (χ4v) is 2.96. The Bertz CT molecular complexity index is 887. The second-order valence-electron chi connectivity index (χ2n) is 6.98. The summed E-state index contributed by atoms with van der Waals surface area (Å²) in [6, 6.07) is 18.7. The van der Waals surface area contributed by atoms with Gasteiger partial charge >= 0.3 is 5.97 Å². The van der Waals surface area contributed by atoms with E-state index in [9.17, 15) is 4.79 Å². The zero-order chi connectivity index (χ0) is 18.6. The predicted molar refractivity (Wildman–Crippen MR) is 108 cm³/mol. The number of rotatable bonds is 4. The zero-order valence-electron chi connectivity index (χ0n) is 15.1. The van der Waals surface area contributed by atoms with Gasteiger partial charge < -0.3 is 4.74 Å². The molecule has 2 aromatic carbocycles. The topological polar surface area (TPSA) is 38.7 Å². The number of carbonyl (C=O) groups is 1. The summed E-state index contributed by atoms with van der Waals surface area (Å²) < 4.78 is 5.44. The molecule has 3 nitrogen and oxygen atoms in total. The van der Waals surface area contributed by atoms with E-state index in [1.54, 1.807) is 23.5 Å². The minimum absolute atomic E-state index is 0.0574. The highest BCUT2D eigenvalue weighted by Gasteiger charge is 2.15. The van der Waals surface area contributed by atoms with Gasteiger partial charge in [-0.2, -0.15) is 0 Å². The van der Waals surface area contributed by atoms with Crippen LogP contribution in [0.3, 0.4) is 0 Å². The van der Waals surface area contributed by atoms with Gasteiger partial charge in [-0.3, -0.25) is 4.99 Å². The first-order chi connectivity index (χ1) is 12.4. The summed E-state index contributed by atoms with van der Waals surface area (Å²) in [5.74, 6) is 0.144. The van der Waals surface area contributed by atoms with E-state index in [2.05, 4.69) is 25.8 Å². The number of esters is 1. The summed E-state index contributed by atoms with van der Waals surface area (Å²) in [5.41, 5.74) is 2.59. The molecule has 3 rings (SSSR count). The summed E-state index contributed by atoms with van der Waals surface area (Å²) in [5, 5.41) is 2.01. The van der Waals surface area contributed by atoms with Crippen molar-refractivity contribution in [2.75, 3.05) is 0 Å². The third kappa shape index (κ3) is 4.67. The number of hydrogen-bond donors (Lipinski definition) is 0.